The van der Waals surface area contributed by atoms with Gasteiger partial charge in [0.15, 0.2) is 6.54 Å². The number of sulfonamides is 1. The number of quaternary nitrogens is 2. The highest BCUT2D eigenvalue weighted by Gasteiger charge is 2.49. The minimum Gasteiger partial charge on any atom is -0.365 e. The molecule has 0 unspecified atom stereocenters. The molecule has 4 aliphatic heterocycles. The van der Waals surface area contributed by atoms with Gasteiger partial charge in [-0.15, -0.1) is 0 Å². The Hall–Kier alpha value is -2.16. The lowest BCUT2D eigenvalue weighted by Crippen LogP contribution is -2.75. The number of amides is 1. The second-order valence-corrected chi connectivity index (χ2v) is 10.6. The topological polar surface area (TPSA) is 80.5 Å². The fourth-order valence-electron chi connectivity index (χ4n) is 5.42. The summed E-state index contributed by atoms with van der Waals surface area (Å²) in [6.07, 6.45) is 0. The molecule has 0 spiro atoms. The number of rotatable bonds is 4. The minimum atomic E-state index is -3.44. The van der Waals surface area contributed by atoms with Crippen LogP contribution < -0.4 is 10.0 Å². The molecule has 3 saturated heterocycles. The molecule has 6 rings (SSSR count). The second kappa shape index (κ2) is 5.68. The van der Waals surface area contributed by atoms with Gasteiger partial charge < -0.3 is 14.7 Å². The first kappa shape index (κ1) is 17.9. The lowest BCUT2D eigenvalue weighted by atomic mass is 9.99. The Morgan fingerprint density at radius 2 is 1.68 bits per heavy atom. The van der Waals surface area contributed by atoms with Crippen LogP contribution in [0.4, 0.5) is 5.69 Å². The standard InChI is InChI=1S/C20H25N4O3S/c1-22-17-6-5-15(16-3-2-4-18(20(16)17)28(22,26)27)13-23-7-10-24(11-8-23,12-9-23)14-19(21)25/h2-6H,7-14H2,1H3,(H-,21,25)/q+1/p+1. The first-order chi connectivity index (χ1) is 13.3. The molecular weight excluding hydrogens is 376 g/mol. The second-order valence-electron chi connectivity index (χ2n) is 8.70. The van der Waals surface area contributed by atoms with Gasteiger partial charge in [0, 0.05) is 18.0 Å². The van der Waals surface area contributed by atoms with E-state index < -0.39 is 10.0 Å². The number of carbonyl (C=O) groups is 1. The zero-order valence-corrected chi connectivity index (χ0v) is 16.9. The molecule has 3 fully saturated rings. The summed E-state index contributed by atoms with van der Waals surface area (Å²) >= 11 is 0. The molecule has 0 aliphatic carbocycles. The van der Waals surface area contributed by atoms with Gasteiger partial charge in [0.25, 0.3) is 15.9 Å². The molecule has 1 amide bonds. The van der Waals surface area contributed by atoms with Crippen molar-refractivity contribution < 1.29 is 22.2 Å². The van der Waals surface area contributed by atoms with Crippen LogP contribution in [-0.4, -0.2) is 76.2 Å². The average molecular weight is 403 g/mol. The van der Waals surface area contributed by atoms with E-state index in [1.54, 1.807) is 13.1 Å². The molecule has 4 heterocycles. The van der Waals surface area contributed by atoms with Crippen LogP contribution in [0.1, 0.15) is 5.56 Å². The van der Waals surface area contributed by atoms with Gasteiger partial charge in [-0.25, -0.2) is 8.42 Å². The summed E-state index contributed by atoms with van der Waals surface area (Å²) in [5, 5.41) is 1.90. The van der Waals surface area contributed by atoms with Gasteiger partial charge in [-0.3, -0.25) is 9.10 Å². The van der Waals surface area contributed by atoms with E-state index in [1.165, 1.54) is 9.87 Å². The normalized spacial score (nSPS) is 30.1. The fourth-order valence-corrected chi connectivity index (χ4v) is 6.85. The summed E-state index contributed by atoms with van der Waals surface area (Å²) < 4.78 is 28.6. The van der Waals surface area contributed by atoms with Gasteiger partial charge >= 0.3 is 0 Å². The number of nitrogens with two attached hydrogens (primary N) is 1. The van der Waals surface area contributed by atoms with Crippen molar-refractivity contribution in [2.75, 3.05) is 57.2 Å². The number of primary amides is 1. The van der Waals surface area contributed by atoms with Crippen LogP contribution in [0, 0.1) is 0 Å². The average Bonchev–Trinajstić information content (AvgIpc) is 2.87. The first-order valence-corrected chi connectivity index (χ1v) is 11.2. The zero-order chi connectivity index (χ0) is 19.7. The predicted molar refractivity (Wildman–Crippen MR) is 107 cm³/mol. The monoisotopic (exact) mass is 402 g/mol. The number of anilines is 1. The van der Waals surface area contributed by atoms with Crippen LogP contribution >= 0.6 is 0 Å². The lowest BCUT2D eigenvalue weighted by Gasteiger charge is -2.55. The molecule has 8 heteroatoms. The van der Waals surface area contributed by atoms with Crippen LogP contribution in [-0.2, 0) is 21.4 Å². The molecule has 7 nitrogen and oxygen atoms in total. The van der Waals surface area contributed by atoms with Crippen LogP contribution in [0.5, 0.6) is 0 Å². The zero-order valence-electron chi connectivity index (χ0n) is 16.1. The highest BCUT2D eigenvalue weighted by molar-refractivity contribution is 7.93. The van der Waals surface area contributed by atoms with E-state index in [0.29, 0.717) is 11.4 Å². The van der Waals surface area contributed by atoms with Gasteiger partial charge in [-0.2, -0.15) is 0 Å². The molecule has 148 valence electrons. The van der Waals surface area contributed by atoms with Gasteiger partial charge in [0.1, 0.15) is 45.8 Å². The molecule has 0 aromatic heterocycles. The van der Waals surface area contributed by atoms with Gasteiger partial charge in [-0.1, -0.05) is 18.2 Å². The van der Waals surface area contributed by atoms with E-state index in [1.807, 2.05) is 18.2 Å². The van der Waals surface area contributed by atoms with Crippen molar-refractivity contribution in [2.45, 2.75) is 11.4 Å². The van der Waals surface area contributed by atoms with Crippen LogP contribution in [0.2, 0.25) is 0 Å². The third-order valence-corrected chi connectivity index (χ3v) is 9.01. The van der Waals surface area contributed by atoms with E-state index in [-0.39, 0.29) is 5.91 Å². The Labute approximate surface area is 165 Å². The summed E-state index contributed by atoms with van der Waals surface area (Å²) in [7, 11) is -1.81. The number of hydrogen-bond donors (Lipinski definition) is 1. The van der Waals surface area contributed by atoms with Crippen molar-refractivity contribution in [1.82, 2.24) is 0 Å². The Morgan fingerprint density at radius 1 is 1.04 bits per heavy atom. The molecule has 0 radical (unpaired) electrons. The summed E-state index contributed by atoms with van der Waals surface area (Å²) in [6.45, 7) is 7.42. The number of benzene rings is 2. The van der Waals surface area contributed by atoms with Crippen LogP contribution in [0.15, 0.2) is 35.2 Å². The SMILES string of the molecule is CN1c2ccc(C[N+]34CC[N+](CC(N)=O)(CC3)CC4)c3cccc(c23)S1(=O)=O. The molecular formula is C20H26N4O3S+2. The number of nitrogens with zero attached hydrogens (tertiary/aromatic N) is 3. The summed E-state index contributed by atoms with van der Waals surface area (Å²) in [5.41, 5.74) is 7.45. The molecule has 2 N–H and O–H groups in total. The number of carbonyl (C=O) groups excluding carboxylic acids is 1. The highest BCUT2D eigenvalue weighted by Crippen LogP contribution is 2.43. The number of hydrogen-bond acceptors (Lipinski definition) is 3. The van der Waals surface area contributed by atoms with Gasteiger partial charge in [-0.05, 0) is 17.5 Å². The first-order valence-electron chi connectivity index (χ1n) is 9.78. The van der Waals surface area contributed by atoms with Crippen molar-refractivity contribution >= 4 is 32.4 Å². The fraction of sp³-hybridized carbons (Fsp3) is 0.450. The molecule has 2 aromatic carbocycles. The maximum Gasteiger partial charge on any atom is 0.272 e. The van der Waals surface area contributed by atoms with Crippen molar-refractivity contribution in [3.63, 3.8) is 0 Å². The largest absolute Gasteiger partial charge is 0.365 e. The third-order valence-electron chi connectivity index (χ3n) is 7.19. The van der Waals surface area contributed by atoms with Crippen molar-refractivity contribution in [1.29, 1.82) is 0 Å². The van der Waals surface area contributed by atoms with E-state index in [2.05, 4.69) is 6.07 Å². The Morgan fingerprint density at radius 3 is 2.32 bits per heavy atom. The lowest BCUT2D eigenvalue weighted by molar-refractivity contribution is -1.08. The Bertz CT molecular complexity index is 1090. The van der Waals surface area contributed by atoms with Crippen LogP contribution in [0.25, 0.3) is 10.8 Å². The summed E-state index contributed by atoms with van der Waals surface area (Å²) in [4.78, 5) is 11.9. The maximum atomic E-state index is 12.7. The van der Waals surface area contributed by atoms with Crippen LogP contribution in [0.3, 0.4) is 0 Å². The Balaban J connectivity index is 1.50. The van der Waals surface area contributed by atoms with Crippen molar-refractivity contribution in [3.8, 4) is 0 Å². The molecule has 0 saturated carbocycles. The smallest absolute Gasteiger partial charge is 0.272 e. The summed E-state index contributed by atoms with van der Waals surface area (Å²) in [6, 6.07) is 9.65. The van der Waals surface area contributed by atoms with E-state index >= 15 is 0 Å². The molecule has 0 atom stereocenters. The van der Waals surface area contributed by atoms with E-state index in [0.717, 1.165) is 71.2 Å². The van der Waals surface area contributed by atoms with Crippen molar-refractivity contribution in [2.24, 2.45) is 5.73 Å². The summed E-state index contributed by atoms with van der Waals surface area (Å²) in [5.74, 6) is -0.209. The van der Waals surface area contributed by atoms with Crippen molar-refractivity contribution in [3.05, 3.63) is 35.9 Å². The quantitative estimate of drug-likeness (QED) is 0.762. The molecule has 2 aromatic rings. The maximum absolute atomic E-state index is 12.7. The number of fused-ring (bicyclic) bond motifs is 3. The molecule has 2 bridgehead atoms. The molecule has 4 aliphatic rings. The predicted octanol–water partition coefficient (Wildman–Crippen LogP) is 0.624. The Kier molecular flexibility index (Phi) is 3.63. The molecule has 28 heavy (non-hydrogen) atoms. The van der Waals surface area contributed by atoms with E-state index in [9.17, 15) is 13.2 Å². The van der Waals surface area contributed by atoms with Gasteiger partial charge in [0.05, 0.1) is 10.6 Å². The van der Waals surface area contributed by atoms with Gasteiger partial charge in [0.2, 0.25) is 0 Å². The highest BCUT2D eigenvalue weighted by atomic mass is 32.2. The number of piperazine rings is 3. The van der Waals surface area contributed by atoms with E-state index in [4.69, 9.17) is 5.73 Å². The third kappa shape index (κ3) is 2.41. The minimum absolute atomic E-state index is 0.209.